The van der Waals surface area contributed by atoms with Crippen molar-refractivity contribution in [3.63, 3.8) is 0 Å². The number of halogens is 1. The second kappa shape index (κ2) is 8.20. The van der Waals surface area contributed by atoms with Crippen molar-refractivity contribution in [2.24, 2.45) is 5.92 Å². The summed E-state index contributed by atoms with van der Waals surface area (Å²) in [5, 5.41) is 20.0. The Hall–Kier alpha value is -3.93. The Balaban J connectivity index is 1.29. The van der Waals surface area contributed by atoms with Crippen molar-refractivity contribution in [2.45, 2.75) is 38.9 Å². The molecule has 1 saturated carbocycles. The number of hydrogen-bond donors (Lipinski definition) is 2. The molecule has 2 N–H and O–H groups in total. The molecular weight excluding hydrogens is 421 g/mol. The third kappa shape index (κ3) is 4.12. The van der Waals surface area contributed by atoms with Gasteiger partial charge in [0, 0.05) is 31.4 Å². The van der Waals surface area contributed by atoms with E-state index in [1.54, 1.807) is 16.9 Å². The normalized spacial score (nSPS) is 17.3. The van der Waals surface area contributed by atoms with E-state index in [0.717, 1.165) is 41.3 Å². The number of pyridine rings is 1. The molecule has 0 spiro atoms. The van der Waals surface area contributed by atoms with E-state index in [-0.39, 0.29) is 11.9 Å². The standard InChI is InChI=1S/C24H24FN7O/c1-14-22-20(31(2)23(16-3-4-16)24(33)30-22)8-21(29-14)27-10-15-11-28-32(12-15)13-17-5-6-19(25)7-18(17)9-26/h5-8,11-12,16,23H,3-4,10,13H2,1-2H3,(H,27,29)(H,30,33)/t23-/m0/s1. The van der Waals surface area contributed by atoms with Crippen LogP contribution >= 0.6 is 0 Å². The lowest BCUT2D eigenvalue weighted by atomic mass is 10.0. The van der Waals surface area contributed by atoms with Crippen molar-refractivity contribution in [1.82, 2.24) is 14.8 Å². The zero-order chi connectivity index (χ0) is 23.1. The molecule has 0 saturated heterocycles. The van der Waals surface area contributed by atoms with E-state index in [4.69, 9.17) is 0 Å². The molecule has 0 bridgehead atoms. The fourth-order valence-corrected chi connectivity index (χ4v) is 4.39. The summed E-state index contributed by atoms with van der Waals surface area (Å²) in [4.78, 5) is 19.2. The third-order valence-electron chi connectivity index (χ3n) is 6.25. The second-order valence-corrected chi connectivity index (χ2v) is 8.68. The number of nitrogens with one attached hydrogen (secondary N) is 2. The topological polar surface area (TPSA) is 98.9 Å². The Labute approximate surface area is 191 Å². The Morgan fingerprint density at radius 3 is 2.91 bits per heavy atom. The van der Waals surface area contributed by atoms with E-state index in [9.17, 15) is 14.4 Å². The monoisotopic (exact) mass is 445 g/mol. The second-order valence-electron chi connectivity index (χ2n) is 8.68. The average Bonchev–Trinajstić information content (AvgIpc) is 3.52. The summed E-state index contributed by atoms with van der Waals surface area (Å²) < 4.78 is 15.1. The summed E-state index contributed by atoms with van der Waals surface area (Å²) in [6, 6.07) is 8.06. The highest BCUT2D eigenvalue weighted by molar-refractivity contribution is 6.04. The lowest BCUT2D eigenvalue weighted by Gasteiger charge is -2.36. The smallest absolute Gasteiger partial charge is 0.247 e. The molecule has 3 aromatic rings. The molecule has 1 aliphatic carbocycles. The van der Waals surface area contributed by atoms with Gasteiger partial charge in [-0.05, 0) is 43.4 Å². The fourth-order valence-electron chi connectivity index (χ4n) is 4.39. The largest absolute Gasteiger partial charge is 0.366 e. The van der Waals surface area contributed by atoms with Crippen LogP contribution in [0.3, 0.4) is 0 Å². The number of benzene rings is 1. The van der Waals surface area contributed by atoms with E-state index in [1.165, 1.54) is 12.1 Å². The van der Waals surface area contributed by atoms with E-state index in [0.29, 0.717) is 30.1 Å². The van der Waals surface area contributed by atoms with Crippen molar-refractivity contribution in [3.8, 4) is 6.07 Å². The van der Waals surface area contributed by atoms with Gasteiger partial charge in [0.2, 0.25) is 5.91 Å². The zero-order valence-electron chi connectivity index (χ0n) is 18.5. The van der Waals surface area contributed by atoms with Crippen LogP contribution in [0.1, 0.15) is 35.2 Å². The molecule has 2 aliphatic rings. The Morgan fingerprint density at radius 1 is 1.33 bits per heavy atom. The molecular formula is C24H24FN7O. The molecule has 2 aromatic heterocycles. The van der Waals surface area contributed by atoms with Crippen LogP contribution in [0.15, 0.2) is 36.7 Å². The number of nitrogens with zero attached hydrogens (tertiary/aromatic N) is 5. The van der Waals surface area contributed by atoms with Crippen LogP contribution in [0.4, 0.5) is 21.6 Å². The molecule has 5 rings (SSSR count). The van der Waals surface area contributed by atoms with Crippen molar-refractivity contribution >= 4 is 23.1 Å². The lowest BCUT2D eigenvalue weighted by Crippen LogP contribution is -2.47. The van der Waals surface area contributed by atoms with Gasteiger partial charge in [-0.3, -0.25) is 9.48 Å². The zero-order valence-corrected chi connectivity index (χ0v) is 18.5. The van der Waals surface area contributed by atoms with Crippen LogP contribution in [0.5, 0.6) is 0 Å². The van der Waals surface area contributed by atoms with E-state index >= 15 is 0 Å². The Bertz CT molecular complexity index is 1270. The molecule has 1 aliphatic heterocycles. The number of aryl methyl sites for hydroxylation is 1. The number of amides is 1. The minimum absolute atomic E-state index is 0.0474. The molecule has 0 unspecified atom stereocenters. The number of nitriles is 1. The number of aromatic nitrogens is 3. The van der Waals surface area contributed by atoms with Crippen LogP contribution in [-0.4, -0.2) is 33.8 Å². The maximum Gasteiger partial charge on any atom is 0.247 e. The van der Waals surface area contributed by atoms with Gasteiger partial charge in [-0.25, -0.2) is 9.37 Å². The van der Waals surface area contributed by atoms with Crippen molar-refractivity contribution in [2.75, 3.05) is 22.6 Å². The van der Waals surface area contributed by atoms with Gasteiger partial charge >= 0.3 is 0 Å². The summed E-state index contributed by atoms with van der Waals surface area (Å²) in [5.74, 6) is 0.761. The number of hydrogen-bond acceptors (Lipinski definition) is 6. The van der Waals surface area contributed by atoms with Crippen molar-refractivity contribution in [3.05, 3.63) is 64.9 Å². The van der Waals surface area contributed by atoms with E-state index in [2.05, 4.69) is 25.6 Å². The first-order valence-electron chi connectivity index (χ1n) is 10.9. The molecule has 1 fully saturated rings. The Morgan fingerprint density at radius 2 is 2.15 bits per heavy atom. The first-order valence-corrected chi connectivity index (χ1v) is 10.9. The Kier molecular flexibility index (Phi) is 5.21. The maximum atomic E-state index is 13.4. The summed E-state index contributed by atoms with van der Waals surface area (Å²) >= 11 is 0. The van der Waals surface area contributed by atoms with Gasteiger partial charge in [0.05, 0.1) is 41.4 Å². The van der Waals surface area contributed by atoms with E-state index in [1.807, 2.05) is 32.3 Å². The van der Waals surface area contributed by atoms with Crippen LogP contribution < -0.4 is 15.5 Å². The molecule has 0 radical (unpaired) electrons. The highest BCUT2D eigenvalue weighted by Crippen LogP contribution is 2.43. The van der Waals surface area contributed by atoms with Crippen LogP contribution in [0.2, 0.25) is 0 Å². The number of carbonyl (C=O) groups is 1. The number of fused-ring (bicyclic) bond motifs is 1. The van der Waals surface area contributed by atoms with Crippen LogP contribution in [0, 0.1) is 30.0 Å². The quantitative estimate of drug-likeness (QED) is 0.603. The highest BCUT2D eigenvalue weighted by Gasteiger charge is 2.42. The number of rotatable bonds is 6. The molecule has 33 heavy (non-hydrogen) atoms. The minimum Gasteiger partial charge on any atom is -0.366 e. The van der Waals surface area contributed by atoms with Gasteiger partial charge in [0.1, 0.15) is 17.7 Å². The van der Waals surface area contributed by atoms with Crippen molar-refractivity contribution in [1.29, 1.82) is 5.26 Å². The fraction of sp³-hybridized carbons (Fsp3) is 0.333. The highest BCUT2D eigenvalue weighted by atomic mass is 19.1. The van der Waals surface area contributed by atoms with Gasteiger partial charge in [0.25, 0.3) is 0 Å². The summed E-state index contributed by atoms with van der Waals surface area (Å²) in [6.45, 7) is 2.79. The first-order chi connectivity index (χ1) is 15.9. The summed E-state index contributed by atoms with van der Waals surface area (Å²) in [6.07, 6.45) is 5.82. The molecule has 3 heterocycles. The summed E-state index contributed by atoms with van der Waals surface area (Å²) in [5.41, 5.74) is 4.47. The van der Waals surface area contributed by atoms with Gasteiger partial charge in [0.15, 0.2) is 0 Å². The summed E-state index contributed by atoms with van der Waals surface area (Å²) in [7, 11) is 1.97. The maximum absolute atomic E-state index is 13.4. The molecule has 8 nitrogen and oxygen atoms in total. The first kappa shape index (κ1) is 20.9. The van der Waals surface area contributed by atoms with E-state index < -0.39 is 5.82 Å². The van der Waals surface area contributed by atoms with Crippen LogP contribution in [-0.2, 0) is 17.9 Å². The predicted octanol–water partition coefficient (Wildman–Crippen LogP) is 3.42. The predicted molar refractivity (Wildman–Crippen MR) is 122 cm³/mol. The van der Waals surface area contributed by atoms with Gasteiger partial charge in [-0.2, -0.15) is 10.4 Å². The molecule has 1 amide bonds. The number of carbonyl (C=O) groups excluding carboxylic acids is 1. The number of anilines is 3. The lowest BCUT2D eigenvalue weighted by molar-refractivity contribution is -0.118. The molecule has 1 atom stereocenters. The van der Waals surface area contributed by atoms with Crippen molar-refractivity contribution < 1.29 is 9.18 Å². The molecule has 1 aromatic carbocycles. The van der Waals surface area contributed by atoms with Gasteiger partial charge in [-0.15, -0.1) is 0 Å². The van der Waals surface area contributed by atoms with Gasteiger partial charge in [-0.1, -0.05) is 6.07 Å². The van der Waals surface area contributed by atoms with Gasteiger partial charge < -0.3 is 15.5 Å². The average molecular weight is 446 g/mol. The number of likely N-dealkylation sites (N-methyl/N-ethyl adjacent to an activating group) is 1. The molecule has 9 heteroatoms. The van der Waals surface area contributed by atoms with Crippen LogP contribution in [0.25, 0.3) is 0 Å². The minimum atomic E-state index is -0.429. The SMILES string of the molecule is Cc1nc(NCc2cnn(Cc3ccc(F)cc3C#N)c2)cc2c1NC(=O)[C@H](C1CC1)N2C. The molecule has 168 valence electrons. The third-order valence-corrected chi connectivity index (χ3v) is 6.25.